The molecule has 2 aromatic rings. The number of amides is 2. The highest BCUT2D eigenvalue weighted by atomic mass is 16.5. The Morgan fingerprint density at radius 1 is 0.875 bits per heavy atom. The van der Waals surface area contributed by atoms with Crippen molar-refractivity contribution in [2.75, 3.05) is 50.8 Å². The van der Waals surface area contributed by atoms with Gasteiger partial charge in [0.05, 0.1) is 24.8 Å². The quantitative estimate of drug-likeness (QED) is 0.754. The summed E-state index contributed by atoms with van der Waals surface area (Å²) >= 11 is 0. The van der Waals surface area contributed by atoms with Gasteiger partial charge in [-0.25, -0.2) is 0 Å². The van der Waals surface area contributed by atoms with Gasteiger partial charge in [-0.05, 0) is 30.5 Å². The third-order valence-corrected chi connectivity index (χ3v) is 6.42. The number of carbonyl (C=O) groups is 2. The molecular formula is C25H30N4O3. The molecule has 7 nitrogen and oxygen atoms in total. The average molecular weight is 435 g/mol. The first-order valence-corrected chi connectivity index (χ1v) is 11.5. The van der Waals surface area contributed by atoms with Gasteiger partial charge in [0.1, 0.15) is 12.4 Å². The number of para-hydroxylation sites is 2. The van der Waals surface area contributed by atoms with E-state index in [2.05, 4.69) is 15.1 Å². The van der Waals surface area contributed by atoms with Crippen molar-refractivity contribution in [1.82, 2.24) is 15.1 Å². The highest BCUT2D eigenvalue weighted by Crippen LogP contribution is 2.39. The lowest BCUT2D eigenvalue weighted by Gasteiger charge is -2.39. The zero-order valence-corrected chi connectivity index (χ0v) is 18.3. The van der Waals surface area contributed by atoms with Crippen LogP contribution >= 0.6 is 0 Å². The minimum atomic E-state index is -0.147. The number of rotatable bonds is 6. The van der Waals surface area contributed by atoms with E-state index >= 15 is 0 Å². The van der Waals surface area contributed by atoms with Crippen LogP contribution in [0.15, 0.2) is 54.6 Å². The van der Waals surface area contributed by atoms with Crippen molar-refractivity contribution in [2.24, 2.45) is 0 Å². The van der Waals surface area contributed by atoms with E-state index < -0.39 is 0 Å². The highest BCUT2D eigenvalue weighted by molar-refractivity contribution is 5.97. The highest BCUT2D eigenvalue weighted by Gasteiger charge is 2.34. The number of fused-ring (bicyclic) bond motifs is 1. The van der Waals surface area contributed by atoms with Crippen LogP contribution in [0.2, 0.25) is 0 Å². The third kappa shape index (κ3) is 4.79. The zero-order valence-electron chi connectivity index (χ0n) is 18.3. The molecule has 2 aliphatic heterocycles. The van der Waals surface area contributed by atoms with Gasteiger partial charge in [0.2, 0.25) is 11.8 Å². The van der Waals surface area contributed by atoms with Crippen molar-refractivity contribution in [1.29, 1.82) is 0 Å². The number of carbonyl (C=O) groups excluding carboxylic acids is 2. The van der Waals surface area contributed by atoms with Crippen molar-refractivity contribution in [2.45, 2.75) is 24.9 Å². The molecule has 0 radical (unpaired) electrons. The van der Waals surface area contributed by atoms with Gasteiger partial charge in [-0.15, -0.1) is 0 Å². The van der Waals surface area contributed by atoms with Crippen LogP contribution in [0.1, 0.15) is 24.4 Å². The minimum absolute atomic E-state index is 0.0783. The van der Waals surface area contributed by atoms with Crippen LogP contribution in [0.25, 0.3) is 0 Å². The molecule has 1 N–H and O–H groups in total. The van der Waals surface area contributed by atoms with Crippen LogP contribution in [0.3, 0.4) is 0 Å². The summed E-state index contributed by atoms with van der Waals surface area (Å²) in [5.74, 6) is 0.946. The predicted octanol–water partition coefficient (Wildman–Crippen LogP) is 2.05. The second-order valence-electron chi connectivity index (χ2n) is 8.86. The number of benzene rings is 2. The molecule has 168 valence electrons. The molecule has 0 aromatic heterocycles. The maximum Gasteiger partial charge on any atom is 0.241 e. The molecule has 1 saturated carbocycles. The Morgan fingerprint density at radius 3 is 2.25 bits per heavy atom. The number of nitrogens with one attached hydrogen (secondary N) is 1. The number of hydrogen-bond acceptors (Lipinski definition) is 5. The van der Waals surface area contributed by atoms with E-state index in [1.807, 2.05) is 59.5 Å². The molecule has 32 heavy (non-hydrogen) atoms. The third-order valence-electron chi connectivity index (χ3n) is 6.42. The summed E-state index contributed by atoms with van der Waals surface area (Å²) in [6.45, 7) is 4.41. The lowest BCUT2D eigenvalue weighted by molar-refractivity contribution is -0.124. The SMILES string of the molecule is O=C(CN1CCN(CC(=O)N2c3ccccc3OCC2c2ccccc2)CC1)NC1CC1. The Morgan fingerprint density at radius 2 is 1.53 bits per heavy atom. The van der Waals surface area contributed by atoms with Crippen LogP contribution in [0, 0.1) is 0 Å². The number of piperazine rings is 1. The first-order chi connectivity index (χ1) is 15.7. The first-order valence-electron chi connectivity index (χ1n) is 11.5. The summed E-state index contributed by atoms with van der Waals surface area (Å²) in [5, 5.41) is 3.05. The summed E-state index contributed by atoms with van der Waals surface area (Å²) in [6, 6.07) is 18.1. The molecule has 0 bridgehead atoms. The Bertz CT molecular complexity index is 955. The fourth-order valence-electron chi connectivity index (χ4n) is 4.50. The number of ether oxygens (including phenoxy) is 1. The molecule has 2 aromatic carbocycles. The van der Waals surface area contributed by atoms with E-state index in [0.29, 0.717) is 25.7 Å². The average Bonchev–Trinajstić information content (AvgIpc) is 3.64. The van der Waals surface area contributed by atoms with Crippen molar-refractivity contribution in [3.8, 4) is 5.75 Å². The molecule has 2 heterocycles. The van der Waals surface area contributed by atoms with Crippen molar-refractivity contribution >= 4 is 17.5 Å². The smallest absolute Gasteiger partial charge is 0.241 e. The van der Waals surface area contributed by atoms with Crippen LogP contribution in [-0.4, -0.2) is 73.5 Å². The van der Waals surface area contributed by atoms with Gasteiger partial charge in [-0.1, -0.05) is 42.5 Å². The Hall–Kier alpha value is -2.90. The Kier molecular flexibility index (Phi) is 6.10. The van der Waals surface area contributed by atoms with Crippen molar-refractivity contribution in [3.05, 3.63) is 60.2 Å². The monoisotopic (exact) mass is 434 g/mol. The second-order valence-corrected chi connectivity index (χ2v) is 8.86. The van der Waals surface area contributed by atoms with Gasteiger partial charge >= 0.3 is 0 Å². The summed E-state index contributed by atoms with van der Waals surface area (Å²) in [5.41, 5.74) is 1.90. The summed E-state index contributed by atoms with van der Waals surface area (Å²) < 4.78 is 5.99. The van der Waals surface area contributed by atoms with Gasteiger partial charge in [-0.2, -0.15) is 0 Å². The van der Waals surface area contributed by atoms with Crippen LogP contribution in [-0.2, 0) is 9.59 Å². The lowest BCUT2D eigenvalue weighted by atomic mass is 10.0. The van der Waals surface area contributed by atoms with Gasteiger partial charge in [0.25, 0.3) is 0 Å². The molecule has 3 aliphatic rings. The summed E-state index contributed by atoms with van der Waals surface area (Å²) in [6.07, 6.45) is 2.21. The Labute approximate surface area is 188 Å². The molecule has 7 heteroatoms. The van der Waals surface area contributed by atoms with E-state index in [-0.39, 0.29) is 17.9 Å². The van der Waals surface area contributed by atoms with E-state index in [1.54, 1.807) is 0 Å². The van der Waals surface area contributed by atoms with Crippen LogP contribution in [0.5, 0.6) is 5.75 Å². The van der Waals surface area contributed by atoms with Gasteiger partial charge in [0.15, 0.2) is 0 Å². The molecule has 1 saturated heterocycles. The minimum Gasteiger partial charge on any atom is -0.489 e. The second kappa shape index (κ2) is 9.30. The molecule has 1 aliphatic carbocycles. The maximum absolute atomic E-state index is 13.6. The molecule has 2 amide bonds. The molecular weight excluding hydrogens is 404 g/mol. The summed E-state index contributed by atoms with van der Waals surface area (Å²) in [4.78, 5) is 31.9. The number of nitrogens with zero attached hydrogens (tertiary/aromatic N) is 3. The van der Waals surface area contributed by atoms with E-state index in [9.17, 15) is 9.59 Å². The predicted molar refractivity (Wildman–Crippen MR) is 123 cm³/mol. The molecule has 5 rings (SSSR count). The molecule has 1 atom stereocenters. The van der Waals surface area contributed by atoms with Gasteiger partial charge in [0, 0.05) is 32.2 Å². The Balaban J connectivity index is 1.23. The van der Waals surface area contributed by atoms with Gasteiger partial charge in [-0.3, -0.25) is 24.3 Å². The normalized spacial score (nSPS) is 21.5. The van der Waals surface area contributed by atoms with Crippen LogP contribution < -0.4 is 15.0 Å². The van der Waals surface area contributed by atoms with Crippen LogP contribution in [0.4, 0.5) is 5.69 Å². The fraction of sp³-hybridized carbons (Fsp3) is 0.440. The summed E-state index contributed by atoms with van der Waals surface area (Å²) in [7, 11) is 0. The number of hydrogen-bond donors (Lipinski definition) is 1. The van der Waals surface area contributed by atoms with Crippen molar-refractivity contribution < 1.29 is 14.3 Å². The topological polar surface area (TPSA) is 65.1 Å². The van der Waals surface area contributed by atoms with E-state index in [4.69, 9.17) is 4.74 Å². The standard InChI is InChI=1S/C25H30N4O3/c30-24(26-20-10-11-20)16-27-12-14-28(15-13-27)17-25(31)29-21-8-4-5-9-23(21)32-18-22(29)19-6-2-1-3-7-19/h1-9,20,22H,10-18H2,(H,26,30). The largest absolute Gasteiger partial charge is 0.489 e. The lowest BCUT2D eigenvalue weighted by Crippen LogP contribution is -2.53. The number of anilines is 1. The fourth-order valence-corrected chi connectivity index (χ4v) is 4.50. The van der Waals surface area contributed by atoms with E-state index in [0.717, 1.165) is 56.0 Å². The zero-order chi connectivity index (χ0) is 21.9. The van der Waals surface area contributed by atoms with Crippen molar-refractivity contribution in [3.63, 3.8) is 0 Å². The van der Waals surface area contributed by atoms with Gasteiger partial charge < -0.3 is 10.1 Å². The molecule has 0 spiro atoms. The molecule has 2 fully saturated rings. The van der Waals surface area contributed by atoms with E-state index in [1.165, 1.54) is 0 Å². The molecule has 1 unspecified atom stereocenters. The maximum atomic E-state index is 13.6. The first kappa shape index (κ1) is 21.0.